The van der Waals surface area contributed by atoms with Crippen LogP contribution in [0.15, 0.2) is 38.6 Å². The van der Waals surface area contributed by atoms with Crippen LogP contribution in [0.2, 0.25) is 0 Å². The van der Waals surface area contributed by atoms with Crippen molar-refractivity contribution in [3.63, 3.8) is 0 Å². The molecule has 2 aromatic rings. The summed E-state index contributed by atoms with van der Waals surface area (Å²) in [6.45, 7) is 0.664. The fraction of sp³-hybridized carbons (Fsp3) is 0.438. The SMILES string of the molecule is O=C(NCC[C@H]1CCCCN1S(=O)(=O)c1cccs1)C(=O)Nc1ccon1. The molecule has 0 spiro atoms. The van der Waals surface area contributed by atoms with Gasteiger partial charge in [-0.25, -0.2) is 8.42 Å². The molecule has 9 nitrogen and oxygen atoms in total. The zero-order valence-corrected chi connectivity index (χ0v) is 16.1. The number of hydrogen-bond donors (Lipinski definition) is 2. The molecule has 1 aliphatic heterocycles. The number of rotatable bonds is 6. The summed E-state index contributed by atoms with van der Waals surface area (Å²) < 4.78 is 32.0. The molecule has 2 N–H and O–H groups in total. The van der Waals surface area contributed by atoms with E-state index in [1.165, 1.54) is 28.0 Å². The summed E-state index contributed by atoms with van der Waals surface area (Å²) >= 11 is 1.19. The van der Waals surface area contributed by atoms with Crippen molar-refractivity contribution in [3.05, 3.63) is 29.8 Å². The Morgan fingerprint density at radius 3 is 2.85 bits per heavy atom. The predicted octanol–water partition coefficient (Wildman–Crippen LogP) is 1.42. The number of hydrogen-bond acceptors (Lipinski definition) is 7. The fourth-order valence-corrected chi connectivity index (χ4v) is 5.83. The van der Waals surface area contributed by atoms with E-state index in [2.05, 4.69) is 20.3 Å². The second-order valence-corrected chi connectivity index (χ2v) is 9.15. The largest absolute Gasteiger partial charge is 0.363 e. The van der Waals surface area contributed by atoms with Crippen molar-refractivity contribution in [2.45, 2.75) is 35.9 Å². The lowest BCUT2D eigenvalue weighted by Crippen LogP contribution is -2.45. The van der Waals surface area contributed by atoms with Crippen LogP contribution in [0.1, 0.15) is 25.7 Å². The Kier molecular flexibility index (Phi) is 6.24. The van der Waals surface area contributed by atoms with Crippen LogP contribution in [0.4, 0.5) is 5.82 Å². The molecule has 0 unspecified atom stereocenters. The van der Waals surface area contributed by atoms with Gasteiger partial charge >= 0.3 is 11.8 Å². The summed E-state index contributed by atoms with van der Waals surface area (Å²) in [5.74, 6) is -1.51. The first kappa shape index (κ1) is 19.5. The second kappa shape index (κ2) is 8.63. The molecule has 3 rings (SSSR count). The number of thiophene rings is 1. The number of anilines is 1. The van der Waals surface area contributed by atoms with Gasteiger partial charge in [-0.05, 0) is 30.7 Å². The van der Waals surface area contributed by atoms with Crippen molar-refractivity contribution in [1.29, 1.82) is 0 Å². The maximum Gasteiger partial charge on any atom is 0.314 e. The van der Waals surface area contributed by atoms with Gasteiger partial charge in [0.25, 0.3) is 10.0 Å². The van der Waals surface area contributed by atoms with E-state index < -0.39 is 21.8 Å². The van der Waals surface area contributed by atoms with E-state index in [0.717, 1.165) is 19.3 Å². The Morgan fingerprint density at radius 1 is 1.30 bits per heavy atom. The lowest BCUT2D eigenvalue weighted by atomic mass is 10.0. The maximum absolute atomic E-state index is 12.8. The topological polar surface area (TPSA) is 122 Å². The highest BCUT2D eigenvalue weighted by Crippen LogP contribution is 2.28. The number of sulfonamides is 1. The van der Waals surface area contributed by atoms with Gasteiger partial charge in [0.05, 0.1) is 0 Å². The molecular formula is C16H20N4O5S2. The van der Waals surface area contributed by atoms with Gasteiger partial charge in [-0.3, -0.25) is 14.9 Å². The molecule has 0 bridgehead atoms. The molecule has 3 heterocycles. The molecular weight excluding hydrogens is 392 g/mol. The van der Waals surface area contributed by atoms with Crippen LogP contribution >= 0.6 is 11.3 Å². The molecule has 0 aliphatic carbocycles. The first-order valence-corrected chi connectivity index (χ1v) is 10.9. The predicted molar refractivity (Wildman–Crippen MR) is 98.6 cm³/mol. The smallest absolute Gasteiger partial charge is 0.314 e. The number of amides is 2. The normalized spacial score (nSPS) is 18.1. The average molecular weight is 412 g/mol. The molecule has 0 saturated carbocycles. The third kappa shape index (κ3) is 4.73. The van der Waals surface area contributed by atoms with E-state index in [1.807, 2.05) is 0 Å². The summed E-state index contributed by atoms with van der Waals surface area (Å²) in [5.41, 5.74) is 0. The van der Waals surface area contributed by atoms with Crippen molar-refractivity contribution in [1.82, 2.24) is 14.8 Å². The highest BCUT2D eigenvalue weighted by molar-refractivity contribution is 7.91. The molecule has 146 valence electrons. The van der Waals surface area contributed by atoms with Crippen LogP contribution < -0.4 is 10.6 Å². The van der Waals surface area contributed by atoms with Gasteiger partial charge in [0.1, 0.15) is 10.5 Å². The molecule has 1 fully saturated rings. The monoisotopic (exact) mass is 412 g/mol. The van der Waals surface area contributed by atoms with Gasteiger partial charge in [-0.1, -0.05) is 17.6 Å². The summed E-state index contributed by atoms with van der Waals surface area (Å²) in [5, 5.41) is 10.1. The Balaban J connectivity index is 1.54. The molecule has 0 radical (unpaired) electrons. The third-order valence-electron chi connectivity index (χ3n) is 4.28. The molecule has 1 saturated heterocycles. The van der Waals surface area contributed by atoms with Crippen LogP contribution in [0.25, 0.3) is 0 Å². The van der Waals surface area contributed by atoms with Crippen LogP contribution in [0, 0.1) is 0 Å². The van der Waals surface area contributed by atoms with Gasteiger partial charge in [0, 0.05) is 25.2 Å². The molecule has 2 aromatic heterocycles. The van der Waals surface area contributed by atoms with Crippen molar-refractivity contribution >= 4 is 39.0 Å². The van der Waals surface area contributed by atoms with E-state index in [4.69, 9.17) is 0 Å². The summed E-state index contributed by atoms with van der Waals surface area (Å²) in [4.78, 5) is 23.6. The van der Waals surface area contributed by atoms with Gasteiger partial charge in [-0.2, -0.15) is 4.31 Å². The van der Waals surface area contributed by atoms with Crippen molar-refractivity contribution in [2.24, 2.45) is 0 Å². The number of nitrogens with zero attached hydrogens (tertiary/aromatic N) is 2. The van der Waals surface area contributed by atoms with E-state index in [-0.39, 0.29) is 18.4 Å². The summed E-state index contributed by atoms with van der Waals surface area (Å²) in [6, 6.07) is 4.52. The van der Waals surface area contributed by atoms with Gasteiger partial charge in [-0.15, -0.1) is 11.3 Å². The zero-order valence-electron chi connectivity index (χ0n) is 14.5. The minimum absolute atomic E-state index is 0.149. The second-order valence-electron chi connectivity index (χ2n) is 6.08. The summed E-state index contributed by atoms with van der Waals surface area (Å²) in [7, 11) is -3.53. The van der Waals surface area contributed by atoms with Crippen LogP contribution in [0.3, 0.4) is 0 Å². The lowest BCUT2D eigenvalue weighted by molar-refractivity contribution is -0.136. The minimum Gasteiger partial charge on any atom is -0.363 e. The molecule has 11 heteroatoms. The first-order chi connectivity index (χ1) is 13.0. The Hall–Kier alpha value is -2.24. The van der Waals surface area contributed by atoms with E-state index >= 15 is 0 Å². The molecule has 1 aliphatic rings. The molecule has 2 amide bonds. The number of piperidine rings is 1. The number of carbonyl (C=O) groups excluding carboxylic acids is 2. The van der Waals surface area contributed by atoms with Gasteiger partial charge in [0.15, 0.2) is 5.82 Å². The number of nitrogens with one attached hydrogen (secondary N) is 2. The van der Waals surface area contributed by atoms with Crippen LogP contribution in [0.5, 0.6) is 0 Å². The van der Waals surface area contributed by atoms with Gasteiger partial charge < -0.3 is 9.84 Å². The van der Waals surface area contributed by atoms with E-state index in [0.29, 0.717) is 17.2 Å². The van der Waals surface area contributed by atoms with Crippen molar-refractivity contribution in [2.75, 3.05) is 18.4 Å². The average Bonchev–Trinajstić information content (AvgIpc) is 3.36. The van der Waals surface area contributed by atoms with E-state index in [9.17, 15) is 18.0 Å². The van der Waals surface area contributed by atoms with Crippen molar-refractivity contribution in [3.8, 4) is 0 Å². The molecule has 0 aromatic carbocycles. The quantitative estimate of drug-likeness (QED) is 0.692. The highest BCUT2D eigenvalue weighted by Gasteiger charge is 2.33. The standard InChI is InChI=1S/C16H20N4O5S2/c21-15(16(22)18-13-7-10-25-19-13)17-8-6-12-4-1-2-9-20(12)27(23,24)14-5-3-11-26-14/h3,5,7,10-12H,1-2,4,6,8-9H2,(H,17,21)(H,18,19,22)/t12-/m1/s1. The van der Waals surface area contributed by atoms with Crippen LogP contribution in [-0.2, 0) is 19.6 Å². The zero-order chi connectivity index (χ0) is 19.3. The Labute approximate surface area is 160 Å². The Morgan fingerprint density at radius 2 is 2.15 bits per heavy atom. The maximum atomic E-state index is 12.8. The lowest BCUT2D eigenvalue weighted by Gasteiger charge is -2.34. The van der Waals surface area contributed by atoms with Gasteiger partial charge in [0.2, 0.25) is 0 Å². The highest BCUT2D eigenvalue weighted by atomic mass is 32.2. The van der Waals surface area contributed by atoms with Crippen LogP contribution in [-0.4, -0.2) is 48.8 Å². The van der Waals surface area contributed by atoms with E-state index in [1.54, 1.807) is 17.5 Å². The molecule has 1 atom stereocenters. The third-order valence-corrected chi connectivity index (χ3v) is 7.60. The van der Waals surface area contributed by atoms with Crippen molar-refractivity contribution < 1.29 is 22.5 Å². The number of carbonyl (C=O) groups is 2. The summed E-state index contributed by atoms with van der Waals surface area (Å²) in [6.07, 6.45) is 4.19. The number of aromatic nitrogens is 1. The fourth-order valence-electron chi connectivity index (χ4n) is 2.99. The first-order valence-electron chi connectivity index (χ1n) is 8.53. The minimum atomic E-state index is -3.53. The Bertz CT molecular complexity index is 865. The molecule has 27 heavy (non-hydrogen) atoms.